The van der Waals surface area contributed by atoms with Crippen molar-refractivity contribution >= 4 is 54.8 Å². The monoisotopic (exact) mass is 394 g/mol. The Morgan fingerprint density at radius 2 is 2.06 bits per heavy atom. The molecule has 90 valence electrons. The van der Waals surface area contributed by atoms with Gasteiger partial charge in [0.05, 0.1) is 6.04 Å². The van der Waals surface area contributed by atoms with Crippen LogP contribution in [0.4, 0.5) is 0 Å². The van der Waals surface area contributed by atoms with Crippen molar-refractivity contribution in [2.45, 2.75) is 6.04 Å². The van der Waals surface area contributed by atoms with Crippen LogP contribution in [0, 0.1) is 0 Å². The lowest BCUT2D eigenvalue weighted by Gasteiger charge is -2.17. The maximum atomic E-state index is 6.21. The largest absolute Gasteiger partial charge is 0.271 e. The van der Waals surface area contributed by atoms with E-state index < -0.39 is 0 Å². The Morgan fingerprint density at radius 1 is 1.29 bits per heavy atom. The number of nitrogens with two attached hydrogens (primary N) is 1. The van der Waals surface area contributed by atoms with E-state index in [1.807, 2.05) is 29.6 Å². The second-order valence-electron chi connectivity index (χ2n) is 3.40. The maximum Gasteiger partial charge on any atom is 0.0828 e. The Kier molecular flexibility index (Phi) is 4.63. The first-order chi connectivity index (χ1) is 8.13. The third-order valence-corrected chi connectivity index (χ3v) is 5.12. The van der Waals surface area contributed by atoms with Gasteiger partial charge < -0.3 is 0 Å². The highest BCUT2D eigenvalue weighted by atomic mass is 79.9. The van der Waals surface area contributed by atoms with Gasteiger partial charge in [-0.15, -0.1) is 11.3 Å². The van der Waals surface area contributed by atoms with E-state index in [9.17, 15) is 0 Å². The summed E-state index contributed by atoms with van der Waals surface area (Å²) < 4.78 is 2.01. The molecule has 0 radical (unpaired) electrons. The Bertz CT molecular complexity index is 530. The molecule has 0 fully saturated rings. The van der Waals surface area contributed by atoms with Crippen molar-refractivity contribution in [1.29, 1.82) is 0 Å². The van der Waals surface area contributed by atoms with Gasteiger partial charge in [-0.3, -0.25) is 5.84 Å². The Labute approximate surface area is 125 Å². The fourth-order valence-electron chi connectivity index (χ4n) is 1.55. The van der Waals surface area contributed by atoms with Crippen LogP contribution in [0.2, 0.25) is 5.02 Å². The van der Waals surface area contributed by atoms with Crippen LogP contribution in [0.3, 0.4) is 0 Å². The molecule has 6 heteroatoms. The first kappa shape index (κ1) is 13.5. The molecule has 0 spiro atoms. The summed E-state index contributed by atoms with van der Waals surface area (Å²) >= 11 is 14.8. The van der Waals surface area contributed by atoms with Crippen LogP contribution in [0.5, 0.6) is 0 Å². The van der Waals surface area contributed by atoms with E-state index >= 15 is 0 Å². The Hall–Kier alpha value is 0.0900. The third-order valence-electron chi connectivity index (χ3n) is 2.34. The smallest absolute Gasteiger partial charge is 0.0828 e. The predicted molar refractivity (Wildman–Crippen MR) is 80.3 cm³/mol. The molecule has 17 heavy (non-hydrogen) atoms. The van der Waals surface area contributed by atoms with Crippen LogP contribution >= 0.6 is 54.8 Å². The summed E-state index contributed by atoms with van der Waals surface area (Å²) in [5, 5.41) is 2.70. The minimum Gasteiger partial charge on any atom is -0.271 e. The Morgan fingerprint density at radius 3 is 2.65 bits per heavy atom. The highest BCUT2D eigenvalue weighted by Gasteiger charge is 2.19. The summed E-state index contributed by atoms with van der Waals surface area (Å²) in [6.45, 7) is 0. The summed E-state index contributed by atoms with van der Waals surface area (Å²) in [5.41, 5.74) is 3.76. The number of nitrogens with one attached hydrogen (secondary N) is 1. The fourth-order valence-corrected chi connectivity index (χ4v) is 3.84. The average Bonchev–Trinajstić information content (AvgIpc) is 2.71. The Balaban J connectivity index is 2.49. The highest BCUT2D eigenvalue weighted by Crippen LogP contribution is 2.36. The number of hydrogen-bond donors (Lipinski definition) is 2. The van der Waals surface area contributed by atoms with E-state index in [-0.39, 0.29) is 6.04 Å². The maximum absolute atomic E-state index is 6.21. The second kappa shape index (κ2) is 5.82. The molecule has 2 nitrogen and oxygen atoms in total. The van der Waals surface area contributed by atoms with Crippen LogP contribution in [-0.2, 0) is 0 Å². The minimum atomic E-state index is -0.116. The lowest BCUT2D eigenvalue weighted by Crippen LogP contribution is -2.28. The van der Waals surface area contributed by atoms with Crippen molar-refractivity contribution < 1.29 is 0 Å². The zero-order valence-electron chi connectivity index (χ0n) is 8.58. The number of hydrazine groups is 1. The summed E-state index contributed by atoms with van der Waals surface area (Å²) in [4.78, 5) is 1.10. The minimum absolute atomic E-state index is 0.116. The zero-order valence-corrected chi connectivity index (χ0v) is 13.3. The quantitative estimate of drug-likeness (QED) is 0.593. The molecule has 2 aromatic rings. The van der Waals surface area contributed by atoms with Gasteiger partial charge in [-0.25, -0.2) is 5.43 Å². The van der Waals surface area contributed by atoms with E-state index in [0.717, 1.165) is 19.4 Å². The van der Waals surface area contributed by atoms with E-state index in [0.29, 0.717) is 5.02 Å². The highest BCUT2D eigenvalue weighted by molar-refractivity contribution is 9.10. The number of halogens is 3. The summed E-state index contributed by atoms with van der Waals surface area (Å²) in [7, 11) is 0. The van der Waals surface area contributed by atoms with Crippen molar-refractivity contribution in [3.8, 4) is 0 Å². The molecule has 1 aromatic heterocycles. The van der Waals surface area contributed by atoms with E-state index in [2.05, 4.69) is 37.3 Å². The molecule has 1 aromatic carbocycles. The molecule has 1 atom stereocenters. The molecular weight excluding hydrogens is 387 g/mol. The molecule has 0 aliphatic carbocycles. The molecule has 0 aliphatic heterocycles. The molecule has 0 aliphatic rings. The van der Waals surface area contributed by atoms with Crippen LogP contribution in [0.25, 0.3) is 0 Å². The number of thiophene rings is 1. The van der Waals surface area contributed by atoms with Gasteiger partial charge in [-0.1, -0.05) is 27.5 Å². The molecule has 1 unspecified atom stereocenters. The number of hydrogen-bond acceptors (Lipinski definition) is 3. The fraction of sp³-hybridized carbons (Fsp3) is 0.0909. The number of benzene rings is 1. The van der Waals surface area contributed by atoms with Gasteiger partial charge in [0, 0.05) is 18.8 Å². The van der Waals surface area contributed by atoms with E-state index in [1.54, 1.807) is 11.3 Å². The van der Waals surface area contributed by atoms with Crippen molar-refractivity contribution in [2.75, 3.05) is 0 Å². The van der Waals surface area contributed by atoms with Crippen LogP contribution in [0.15, 0.2) is 38.6 Å². The molecule has 1 heterocycles. The summed E-state index contributed by atoms with van der Waals surface area (Å²) in [5.74, 6) is 5.65. The molecule has 2 rings (SSSR count). The third kappa shape index (κ3) is 2.92. The second-order valence-corrected chi connectivity index (χ2v) is 6.52. The van der Waals surface area contributed by atoms with E-state index in [1.165, 1.54) is 0 Å². The van der Waals surface area contributed by atoms with Crippen molar-refractivity contribution in [3.63, 3.8) is 0 Å². The van der Waals surface area contributed by atoms with E-state index in [4.69, 9.17) is 17.4 Å². The molecule has 3 N–H and O–H groups in total. The molecule has 0 saturated heterocycles. The lowest BCUT2D eigenvalue weighted by atomic mass is 10.1. The standard InChI is InChI=1S/C11H9Br2ClN2S/c12-6-1-2-9(14)7(5-6)10(16-15)11-8(13)3-4-17-11/h1-5,10,16H,15H2. The molecule has 0 saturated carbocycles. The van der Waals surface area contributed by atoms with Gasteiger partial charge in [0.2, 0.25) is 0 Å². The lowest BCUT2D eigenvalue weighted by molar-refractivity contribution is 0.644. The van der Waals surface area contributed by atoms with Crippen molar-refractivity contribution in [2.24, 2.45) is 5.84 Å². The van der Waals surface area contributed by atoms with Gasteiger partial charge in [-0.2, -0.15) is 0 Å². The van der Waals surface area contributed by atoms with Crippen LogP contribution in [-0.4, -0.2) is 0 Å². The normalized spacial score (nSPS) is 12.7. The average molecular weight is 397 g/mol. The van der Waals surface area contributed by atoms with Crippen molar-refractivity contribution in [3.05, 3.63) is 54.1 Å². The van der Waals surface area contributed by atoms with Gasteiger partial charge in [0.1, 0.15) is 0 Å². The van der Waals surface area contributed by atoms with Crippen LogP contribution in [0.1, 0.15) is 16.5 Å². The zero-order chi connectivity index (χ0) is 12.4. The summed E-state index contributed by atoms with van der Waals surface area (Å²) in [6, 6.07) is 7.61. The van der Waals surface area contributed by atoms with Crippen molar-refractivity contribution in [1.82, 2.24) is 5.43 Å². The van der Waals surface area contributed by atoms with Gasteiger partial charge >= 0.3 is 0 Å². The number of rotatable bonds is 3. The van der Waals surface area contributed by atoms with Gasteiger partial charge in [-0.05, 0) is 51.1 Å². The predicted octanol–water partition coefficient (Wildman–Crippen LogP) is 4.48. The summed E-state index contributed by atoms with van der Waals surface area (Å²) in [6.07, 6.45) is 0. The molecule has 0 amide bonds. The van der Waals surface area contributed by atoms with Gasteiger partial charge in [0.25, 0.3) is 0 Å². The topological polar surface area (TPSA) is 38.0 Å². The first-order valence-electron chi connectivity index (χ1n) is 4.77. The van der Waals surface area contributed by atoms with Crippen LogP contribution < -0.4 is 11.3 Å². The molecular formula is C11H9Br2ClN2S. The van der Waals surface area contributed by atoms with Gasteiger partial charge in [0.15, 0.2) is 0 Å². The first-order valence-corrected chi connectivity index (χ1v) is 7.62. The molecule has 0 bridgehead atoms. The SMILES string of the molecule is NNC(c1cc(Br)ccc1Cl)c1sccc1Br.